The number of nitrogens with one attached hydrogen (secondary N) is 1. The number of carbonyl (C=O) groups is 2. The lowest BCUT2D eigenvalue weighted by atomic mass is 10.1. The molecule has 0 radical (unpaired) electrons. The summed E-state index contributed by atoms with van der Waals surface area (Å²) in [6, 6.07) is 12.4. The Kier molecular flexibility index (Phi) is 6.79. The molecule has 0 aromatic heterocycles. The lowest BCUT2D eigenvalue weighted by Crippen LogP contribution is -2.20. The van der Waals surface area contributed by atoms with Crippen LogP contribution in [0, 0.1) is 0 Å². The number of carbonyl (C=O) groups excluding carboxylic acids is 2. The maximum atomic E-state index is 13.6. The van der Waals surface area contributed by atoms with Crippen molar-refractivity contribution in [3.05, 3.63) is 92.4 Å². The normalized spacial score (nSPS) is 11.2. The molecule has 1 amide bonds. The van der Waals surface area contributed by atoms with E-state index in [0.717, 1.165) is 12.1 Å². The number of alkyl halides is 3. The van der Waals surface area contributed by atoms with Crippen molar-refractivity contribution in [2.45, 2.75) is 6.18 Å². The van der Waals surface area contributed by atoms with Crippen molar-refractivity contribution in [1.29, 1.82) is 0 Å². The molecule has 31 heavy (non-hydrogen) atoms. The first-order chi connectivity index (χ1) is 14.6. The number of ether oxygens (including phenoxy) is 1. The predicted molar refractivity (Wildman–Crippen MR) is 112 cm³/mol. The quantitative estimate of drug-likeness (QED) is 0.314. The van der Waals surface area contributed by atoms with Crippen molar-refractivity contribution in [3.8, 4) is 5.75 Å². The molecule has 10 heteroatoms. The van der Waals surface area contributed by atoms with Crippen LogP contribution in [0.3, 0.4) is 0 Å². The molecule has 160 valence electrons. The average Bonchev–Trinajstić information content (AvgIpc) is 2.70. The van der Waals surface area contributed by atoms with Gasteiger partial charge in [-0.15, -0.1) is 0 Å². The van der Waals surface area contributed by atoms with Crippen LogP contribution in [0.1, 0.15) is 26.3 Å². The van der Waals surface area contributed by atoms with Crippen LogP contribution in [-0.2, 0) is 6.18 Å². The van der Waals surface area contributed by atoms with Crippen molar-refractivity contribution in [1.82, 2.24) is 0 Å². The number of amides is 1. The molecule has 1 N–H and O–H groups in total. The number of benzene rings is 3. The highest BCUT2D eigenvalue weighted by Gasteiger charge is 2.37. The minimum absolute atomic E-state index is 0.0504. The molecule has 0 heterocycles. The average molecular weight is 489 g/mol. The zero-order chi connectivity index (χ0) is 22.8. The summed E-state index contributed by atoms with van der Waals surface area (Å²) < 4.78 is 45.7. The molecule has 0 fully saturated rings. The van der Waals surface area contributed by atoms with Crippen LogP contribution in [0.15, 0.2) is 60.7 Å². The molecular formula is C21H11Cl3F3NO3. The number of para-hydroxylation sites is 1. The van der Waals surface area contributed by atoms with E-state index >= 15 is 0 Å². The van der Waals surface area contributed by atoms with Gasteiger partial charge in [-0.3, -0.25) is 4.79 Å². The number of halogens is 6. The molecule has 3 rings (SSSR count). The van der Waals surface area contributed by atoms with Gasteiger partial charge in [0.25, 0.3) is 5.91 Å². The second-order valence-corrected chi connectivity index (χ2v) is 7.43. The Morgan fingerprint density at radius 2 is 1.52 bits per heavy atom. The Bertz CT molecular complexity index is 1150. The van der Waals surface area contributed by atoms with Crippen molar-refractivity contribution >= 4 is 52.4 Å². The third kappa shape index (κ3) is 5.50. The Morgan fingerprint density at radius 1 is 0.871 bits per heavy atom. The summed E-state index contributed by atoms with van der Waals surface area (Å²) in [6.07, 6.45) is -4.89. The van der Waals surface area contributed by atoms with Crippen molar-refractivity contribution in [2.24, 2.45) is 0 Å². The van der Waals surface area contributed by atoms with Gasteiger partial charge in [0.2, 0.25) is 0 Å². The molecule has 0 bridgehead atoms. The van der Waals surface area contributed by atoms with Crippen LogP contribution < -0.4 is 10.1 Å². The molecule has 0 saturated heterocycles. The minimum atomic E-state index is -4.89. The zero-order valence-electron chi connectivity index (χ0n) is 15.3. The first-order valence-electron chi connectivity index (χ1n) is 8.50. The predicted octanol–water partition coefficient (Wildman–Crippen LogP) is 7.14. The van der Waals surface area contributed by atoms with Gasteiger partial charge in [0.15, 0.2) is 5.75 Å². The molecule has 0 saturated carbocycles. The second kappa shape index (κ2) is 9.18. The molecule has 0 atom stereocenters. The fourth-order valence-electron chi connectivity index (χ4n) is 2.57. The first-order valence-corrected chi connectivity index (χ1v) is 9.64. The summed E-state index contributed by atoms with van der Waals surface area (Å²) in [5.74, 6) is -3.01. The van der Waals surface area contributed by atoms with E-state index in [1.807, 2.05) is 0 Å². The monoisotopic (exact) mass is 487 g/mol. The fraction of sp³-hybridized carbons (Fsp3) is 0.0476. The molecule has 0 aliphatic heterocycles. The first kappa shape index (κ1) is 22.9. The highest BCUT2D eigenvalue weighted by atomic mass is 35.5. The van der Waals surface area contributed by atoms with Gasteiger partial charge in [0, 0.05) is 10.0 Å². The number of hydrogen-bond acceptors (Lipinski definition) is 3. The van der Waals surface area contributed by atoms with Gasteiger partial charge >= 0.3 is 12.1 Å². The van der Waals surface area contributed by atoms with Gasteiger partial charge in [-0.25, -0.2) is 4.79 Å². The van der Waals surface area contributed by atoms with Crippen LogP contribution in [-0.4, -0.2) is 11.9 Å². The highest BCUT2D eigenvalue weighted by Crippen LogP contribution is 2.39. The lowest BCUT2D eigenvalue weighted by molar-refractivity contribution is -0.138. The summed E-state index contributed by atoms with van der Waals surface area (Å²) in [7, 11) is 0. The van der Waals surface area contributed by atoms with Crippen LogP contribution in [0.25, 0.3) is 0 Å². The van der Waals surface area contributed by atoms with E-state index < -0.39 is 34.9 Å². The summed E-state index contributed by atoms with van der Waals surface area (Å²) in [4.78, 5) is 25.2. The summed E-state index contributed by atoms with van der Waals surface area (Å²) in [5.41, 5.74) is -1.79. The number of esters is 1. The van der Waals surface area contributed by atoms with Crippen molar-refractivity contribution in [3.63, 3.8) is 0 Å². The second-order valence-electron chi connectivity index (χ2n) is 6.15. The number of rotatable bonds is 4. The Morgan fingerprint density at radius 3 is 2.16 bits per heavy atom. The highest BCUT2D eigenvalue weighted by molar-refractivity contribution is 6.36. The Labute approximate surface area is 189 Å². The largest absolute Gasteiger partial charge is 0.421 e. The van der Waals surface area contributed by atoms with E-state index in [1.165, 1.54) is 42.5 Å². The Balaban J connectivity index is 2.02. The zero-order valence-corrected chi connectivity index (χ0v) is 17.5. The molecule has 4 nitrogen and oxygen atoms in total. The van der Waals surface area contributed by atoms with Crippen LogP contribution in [0.5, 0.6) is 5.75 Å². The molecule has 0 aliphatic rings. The molecule has 0 spiro atoms. The van der Waals surface area contributed by atoms with E-state index in [1.54, 1.807) is 0 Å². The van der Waals surface area contributed by atoms with Gasteiger partial charge in [-0.1, -0.05) is 40.9 Å². The molecular weight excluding hydrogens is 478 g/mol. The minimum Gasteiger partial charge on any atom is -0.421 e. The molecule has 0 unspecified atom stereocenters. The summed E-state index contributed by atoms with van der Waals surface area (Å²) >= 11 is 17.6. The third-order valence-electron chi connectivity index (χ3n) is 4.02. The topological polar surface area (TPSA) is 55.4 Å². The van der Waals surface area contributed by atoms with Crippen LogP contribution in [0.2, 0.25) is 15.1 Å². The van der Waals surface area contributed by atoms with E-state index in [2.05, 4.69) is 5.32 Å². The maximum Gasteiger partial charge on any atom is 0.420 e. The smallest absolute Gasteiger partial charge is 0.420 e. The third-order valence-corrected chi connectivity index (χ3v) is 4.83. The number of hydrogen-bond donors (Lipinski definition) is 1. The van der Waals surface area contributed by atoms with Crippen molar-refractivity contribution in [2.75, 3.05) is 5.32 Å². The molecule has 3 aromatic carbocycles. The SMILES string of the molecule is O=C(Oc1c(C(=O)Nc2cc(Cl)ccc2Cl)cccc1C(F)(F)F)c1ccc(Cl)cc1. The van der Waals surface area contributed by atoms with Crippen LogP contribution in [0.4, 0.5) is 18.9 Å². The Hall–Kier alpha value is -2.74. The molecule has 0 aliphatic carbocycles. The van der Waals surface area contributed by atoms with Gasteiger partial charge in [0.1, 0.15) is 0 Å². The lowest BCUT2D eigenvalue weighted by Gasteiger charge is -2.17. The summed E-state index contributed by atoms with van der Waals surface area (Å²) in [6.45, 7) is 0. The van der Waals surface area contributed by atoms with Crippen molar-refractivity contribution < 1.29 is 27.5 Å². The number of anilines is 1. The fourth-order valence-corrected chi connectivity index (χ4v) is 3.03. The van der Waals surface area contributed by atoms with Crippen LogP contribution >= 0.6 is 34.8 Å². The van der Waals surface area contributed by atoms with Gasteiger partial charge in [-0.2, -0.15) is 13.2 Å². The van der Waals surface area contributed by atoms with E-state index in [0.29, 0.717) is 11.1 Å². The van der Waals surface area contributed by atoms with E-state index in [9.17, 15) is 22.8 Å². The maximum absolute atomic E-state index is 13.6. The van der Waals surface area contributed by atoms with E-state index in [-0.39, 0.29) is 21.3 Å². The van der Waals surface area contributed by atoms with Gasteiger partial charge in [-0.05, 0) is 54.6 Å². The standard InChI is InChI=1S/C21H11Cl3F3NO3/c22-12-6-4-11(5-7-12)20(30)31-18-14(2-1-3-15(18)21(25,26)27)19(29)28-17-10-13(23)8-9-16(17)24/h1-10H,(H,28,29). The summed E-state index contributed by atoms with van der Waals surface area (Å²) in [5, 5.41) is 3.06. The van der Waals surface area contributed by atoms with Gasteiger partial charge < -0.3 is 10.1 Å². The van der Waals surface area contributed by atoms with E-state index in [4.69, 9.17) is 39.5 Å². The van der Waals surface area contributed by atoms with Gasteiger partial charge in [0.05, 0.1) is 27.4 Å². The molecule has 3 aromatic rings.